The fourth-order valence-electron chi connectivity index (χ4n) is 3.48. The molecule has 128 valence electrons. The van der Waals surface area contributed by atoms with Crippen LogP contribution in [0.25, 0.3) is 0 Å². The van der Waals surface area contributed by atoms with E-state index in [4.69, 9.17) is 11.0 Å². The molecule has 1 amide bonds. The molecule has 1 aliphatic heterocycles. The summed E-state index contributed by atoms with van der Waals surface area (Å²) in [5.41, 5.74) is 10.4. The quantitative estimate of drug-likeness (QED) is 0.870. The molecule has 0 aromatic heterocycles. The molecule has 2 aromatic carbocycles. The largest absolute Gasteiger partial charge is 0.398 e. The summed E-state index contributed by atoms with van der Waals surface area (Å²) in [5, 5.41) is 8.89. The number of aryl methyl sites for hydroxylation is 1. The maximum absolute atomic E-state index is 12.7. The minimum absolute atomic E-state index is 0.0626. The van der Waals surface area contributed by atoms with Gasteiger partial charge in [0.1, 0.15) is 0 Å². The van der Waals surface area contributed by atoms with Crippen molar-refractivity contribution in [3.8, 4) is 6.07 Å². The van der Waals surface area contributed by atoms with Gasteiger partial charge in [-0.2, -0.15) is 5.26 Å². The summed E-state index contributed by atoms with van der Waals surface area (Å²) in [6, 6.07) is 15.6. The van der Waals surface area contributed by atoms with Gasteiger partial charge in [0, 0.05) is 24.3 Å². The maximum Gasteiger partial charge on any atom is 0.253 e. The highest BCUT2D eigenvalue weighted by Gasteiger charge is 2.24. The Morgan fingerprint density at radius 3 is 2.44 bits per heavy atom. The van der Waals surface area contributed by atoms with Crippen molar-refractivity contribution < 1.29 is 4.79 Å². The molecule has 1 fully saturated rings. The van der Waals surface area contributed by atoms with Crippen molar-refractivity contribution in [2.75, 3.05) is 18.8 Å². The van der Waals surface area contributed by atoms with Gasteiger partial charge in [-0.05, 0) is 60.6 Å². The number of likely N-dealkylation sites (tertiary alicyclic amines) is 1. The molecular weight excluding hydrogens is 310 g/mol. The molecule has 2 N–H and O–H groups in total. The molecule has 25 heavy (non-hydrogen) atoms. The zero-order valence-corrected chi connectivity index (χ0v) is 14.5. The van der Waals surface area contributed by atoms with Crippen molar-refractivity contribution in [1.82, 2.24) is 4.90 Å². The molecule has 1 aliphatic rings. The lowest BCUT2D eigenvalue weighted by Crippen LogP contribution is -2.38. The van der Waals surface area contributed by atoms with Gasteiger partial charge in [-0.15, -0.1) is 0 Å². The normalized spacial score (nSPS) is 15.0. The molecule has 0 atom stereocenters. The van der Waals surface area contributed by atoms with Crippen LogP contribution in [0, 0.1) is 11.3 Å². The predicted octanol–water partition coefficient (Wildman–Crippen LogP) is 3.72. The van der Waals surface area contributed by atoms with E-state index < -0.39 is 0 Å². The molecule has 0 unspecified atom stereocenters. The number of hydrogen-bond acceptors (Lipinski definition) is 3. The number of nitrogen functional groups attached to an aromatic ring is 1. The van der Waals surface area contributed by atoms with E-state index in [1.165, 1.54) is 5.56 Å². The topological polar surface area (TPSA) is 70.1 Å². The highest BCUT2D eigenvalue weighted by atomic mass is 16.2. The molecule has 1 heterocycles. The standard InChI is InChI=1S/C21H23N3O/c1-2-16-7-8-19(13-20(16)23)21(25)24-11-9-18(10-12-24)17-5-3-15(14-22)4-6-17/h3-8,13,18H,2,9-12,23H2,1H3. The highest BCUT2D eigenvalue weighted by molar-refractivity contribution is 5.95. The van der Waals surface area contributed by atoms with Crippen molar-refractivity contribution >= 4 is 11.6 Å². The number of piperidine rings is 1. The van der Waals surface area contributed by atoms with Gasteiger partial charge in [0.2, 0.25) is 0 Å². The zero-order valence-electron chi connectivity index (χ0n) is 14.5. The molecule has 0 aliphatic carbocycles. The van der Waals surface area contributed by atoms with Crippen LogP contribution in [0.5, 0.6) is 0 Å². The minimum atomic E-state index is 0.0626. The summed E-state index contributed by atoms with van der Waals surface area (Å²) < 4.78 is 0. The summed E-state index contributed by atoms with van der Waals surface area (Å²) in [5.74, 6) is 0.511. The number of amides is 1. The summed E-state index contributed by atoms with van der Waals surface area (Å²) in [4.78, 5) is 14.6. The highest BCUT2D eigenvalue weighted by Crippen LogP contribution is 2.29. The van der Waals surface area contributed by atoms with E-state index >= 15 is 0 Å². The second kappa shape index (κ2) is 7.40. The average molecular weight is 333 g/mol. The van der Waals surface area contributed by atoms with Crippen molar-refractivity contribution in [2.24, 2.45) is 0 Å². The molecule has 4 nitrogen and oxygen atoms in total. The van der Waals surface area contributed by atoms with E-state index in [2.05, 4.69) is 13.0 Å². The van der Waals surface area contributed by atoms with E-state index in [0.29, 0.717) is 22.7 Å². The van der Waals surface area contributed by atoms with Crippen LogP contribution >= 0.6 is 0 Å². The van der Waals surface area contributed by atoms with E-state index in [-0.39, 0.29) is 5.91 Å². The van der Waals surface area contributed by atoms with Gasteiger partial charge in [0.05, 0.1) is 11.6 Å². The van der Waals surface area contributed by atoms with Crippen molar-refractivity contribution in [3.05, 3.63) is 64.7 Å². The van der Waals surface area contributed by atoms with Gasteiger partial charge in [0.15, 0.2) is 0 Å². The maximum atomic E-state index is 12.7. The van der Waals surface area contributed by atoms with Crippen LogP contribution in [-0.2, 0) is 6.42 Å². The summed E-state index contributed by atoms with van der Waals surface area (Å²) in [6.45, 7) is 3.55. The molecule has 4 heteroatoms. The number of carbonyl (C=O) groups excluding carboxylic acids is 1. The number of nitrogens with zero attached hydrogens (tertiary/aromatic N) is 2. The number of carbonyl (C=O) groups is 1. The van der Waals surface area contributed by atoms with Crippen LogP contribution < -0.4 is 5.73 Å². The van der Waals surface area contributed by atoms with E-state index in [9.17, 15) is 4.79 Å². The fraction of sp³-hybridized carbons (Fsp3) is 0.333. The number of anilines is 1. The Morgan fingerprint density at radius 1 is 1.20 bits per heavy atom. The van der Waals surface area contributed by atoms with E-state index in [1.807, 2.05) is 41.3 Å². The molecule has 1 saturated heterocycles. The molecule has 0 bridgehead atoms. The van der Waals surface area contributed by atoms with Crippen LogP contribution in [0.15, 0.2) is 42.5 Å². The zero-order chi connectivity index (χ0) is 17.8. The number of rotatable bonds is 3. The Labute approximate surface area is 148 Å². The first-order chi connectivity index (χ1) is 12.1. The van der Waals surface area contributed by atoms with Crippen LogP contribution in [0.1, 0.15) is 52.7 Å². The third kappa shape index (κ3) is 3.66. The first kappa shape index (κ1) is 17.0. The monoisotopic (exact) mass is 333 g/mol. The Bertz CT molecular complexity index is 797. The SMILES string of the molecule is CCc1ccc(C(=O)N2CCC(c3ccc(C#N)cc3)CC2)cc1N. The number of nitrogens with two attached hydrogens (primary N) is 1. The van der Waals surface area contributed by atoms with Crippen LogP contribution in [0.3, 0.4) is 0 Å². The molecule has 0 radical (unpaired) electrons. The van der Waals surface area contributed by atoms with Crippen LogP contribution in [0.4, 0.5) is 5.69 Å². The van der Waals surface area contributed by atoms with Gasteiger partial charge in [-0.3, -0.25) is 4.79 Å². The lowest BCUT2D eigenvalue weighted by Gasteiger charge is -2.32. The number of hydrogen-bond donors (Lipinski definition) is 1. The molecule has 3 rings (SSSR count). The second-order valence-corrected chi connectivity index (χ2v) is 6.57. The van der Waals surface area contributed by atoms with Gasteiger partial charge < -0.3 is 10.6 Å². The lowest BCUT2D eigenvalue weighted by molar-refractivity contribution is 0.0713. The first-order valence-electron chi connectivity index (χ1n) is 8.80. The van der Waals surface area contributed by atoms with E-state index in [1.54, 1.807) is 6.07 Å². The molecular formula is C21H23N3O. The Balaban J connectivity index is 1.64. The first-order valence-corrected chi connectivity index (χ1v) is 8.80. The van der Waals surface area contributed by atoms with Crippen LogP contribution in [0.2, 0.25) is 0 Å². The molecule has 0 spiro atoms. The van der Waals surface area contributed by atoms with Crippen molar-refractivity contribution in [2.45, 2.75) is 32.1 Å². The Hall–Kier alpha value is -2.80. The minimum Gasteiger partial charge on any atom is -0.398 e. The van der Waals surface area contributed by atoms with Gasteiger partial charge >= 0.3 is 0 Å². The third-order valence-corrected chi connectivity index (χ3v) is 5.07. The number of nitriles is 1. The molecule has 0 saturated carbocycles. The van der Waals surface area contributed by atoms with Gasteiger partial charge in [0.25, 0.3) is 5.91 Å². The second-order valence-electron chi connectivity index (χ2n) is 6.57. The Morgan fingerprint density at radius 2 is 1.88 bits per heavy atom. The van der Waals surface area contributed by atoms with Gasteiger partial charge in [-0.25, -0.2) is 0 Å². The average Bonchev–Trinajstić information content (AvgIpc) is 2.67. The smallest absolute Gasteiger partial charge is 0.253 e. The molecule has 2 aromatic rings. The summed E-state index contributed by atoms with van der Waals surface area (Å²) in [6.07, 6.45) is 2.76. The number of benzene rings is 2. The third-order valence-electron chi connectivity index (χ3n) is 5.07. The van der Waals surface area contributed by atoms with Gasteiger partial charge in [-0.1, -0.05) is 25.1 Å². The van der Waals surface area contributed by atoms with Crippen LogP contribution in [-0.4, -0.2) is 23.9 Å². The summed E-state index contributed by atoms with van der Waals surface area (Å²) in [7, 11) is 0. The van der Waals surface area contributed by atoms with E-state index in [0.717, 1.165) is 37.9 Å². The summed E-state index contributed by atoms with van der Waals surface area (Å²) >= 11 is 0. The fourth-order valence-corrected chi connectivity index (χ4v) is 3.48. The van der Waals surface area contributed by atoms with Crippen molar-refractivity contribution in [1.29, 1.82) is 5.26 Å². The Kier molecular flexibility index (Phi) is 5.04. The lowest BCUT2D eigenvalue weighted by atomic mass is 9.89. The van der Waals surface area contributed by atoms with Crippen molar-refractivity contribution in [3.63, 3.8) is 0 Å². The predicted molar refractivity (Wildman–Crippen MR) is 99.3 cm³/mol.